The first-order valence-corrected chi connectivity index (χ1v) is 10.6. The number of rotatable bonds is 5. The first-order valence-electron chi connectivity index (χ1n) is 8.80. The van der Waals surface area contributed by atoms with Gasteiger partial charge in [-0.25, -0.2) is 8.42 Å². The van der Waals surface area contributed by atoms with Crippen molar-refractivity contribution in [1.29, 1.82) is 0 Å². The van der Waals surface area contributed by atoms with E-state index >= 15 is 0 Å². The van der Waals surface area contributed by atoms with Crippen molar-refractivity contribution in [3.8, 4) is 0 Å². The molecule has 0 saturated carbocycles. The molecule has 134 valence electrons. The summed E-state index contributed by atoms with van der Waals surface area (Å²) >= 11 is 6.05. The third-order valence-corrected chi connectivity index (χ3v) is 7.06. The molecule has 0 radical (unpaired) electrons. The van der Waals surface area contributed by atoms with Crippen molar-refractivity contribution >= 4 is 21.6 Å². The van der Waals surface area contributed by atoms with Gasteiger partial charge in [-0.2, -0.15) is 4.31 Å². The summed E-state index contributed by atoms with van der Waals surface area (Å²) in [5.74, 6) is 0. The minimum Gasteiger partial charge on any atom is -0.207 e. The Morgan fingerprint density at radius 3 is 2.60 bits per heavy atom. The predicted octanol–water partition coefficient (Wildman–Crippen LogP) is 4.82. The van der Waals surface area contributed by atoms with Crippen molar-refractivity contribution in [3.63, 3.8) is 0 Å². The van der Waals surface area contributed by atoms with E-state index in [0.717, 1.165) is 48.3 Å². The van der Waals surface area contributed by atoms with Gasteiger partial charge in [-0.3, -0.25) is 0 Å². The Kier molecular flexibility index (Phi) is 5.82. The molecule has 5 heteroatoms. The van der Waals surface area contributed by atoms with Gasteiger partial charge in [0.05, 0.1) is 4.90 Å². The molecule has 0 amide bonds. The van der Waals surface area contributed by atoms with E-state index in [1.54, 1.807) is 16.4 Å². The summed E-state index contributed by atoms with van der Waals surface area (Å²) in [6.07, 6.45) is 4.60. The average molecular weight is 378 g/mol. The maximum atomic E-state index is 13.1. The molecule has 0 spiro atoms. The fourth-order valence-electron chi connectivity index (χ4n) is 3.45. The number of halogens is 1. The summed E-state index contributed by atoms with van der Waals surface area (Å²) in [6, 6.07) is 15.0. The zero-order chi connectivity index (χ0) is 17.9. The van der Waals surface area contributed by atoms with Crippen LogP contribution in [0.1, 0.15) is 36.8 Å². The van der Waals surface area contributed by atoms with Gasteiger partial charge in [-0.05, 0) is 62.4 Å². The normalized spacial score (nSPS) is 19.0. The van der Waals surface area contributed by atoms with E-state index in [1.165, 1.54) is 0 Å². The Balaban J connectivity index is 1.77. The molecule has 3 nitrogen and oxygen atoms in total. The number of benzene rings is 2. The molecule has 2 aromatic carbocycles. The van der Waals surface area contributed by atoms with Gasteiger partial charge in [0.1, 0.15) is 0 Å². The highest BCUT2D eigenvalue weighted by atomic mass is 35.5. The lowest BCUT2D eigenvalue weighted by molar-refractivity contribution is 0.241. The fraction of sp³-hybridized carbons (Fsp3) is 0.400. The van der Waals surface area contributed by atoms with Crippen LogP contribution in [0.4, 0.5) is 0 Å². The molecule has 0 aliphatic carbocycles. The van der Waals surface area contributed by atoms with Crippen molar-refractivity contribution in [2.75, 3.05) is 6.54 Å². The highest BCUT2D eigenvalue weighted by Crippen LogP contribution is 2.28. The molecule has 1 aliphatic heterocycles. The number of nitrogens with zero attached hydrogens (tertiary/aromatic N) is 1. The van der Waals surface area contributed by atoms with E-state index in [-0.39, 0.29) is 6.04 Å². The van der Waals surface area contributed by atoms with Crippen LogP contribution in [0, 0.1) is 6.92 Å². The zero-order valence-corrected chi connectivity index (χ0v) is 16.1. The molecular formula is C20H24ClNO2S. The van der Waals surface area contributed by atoms with E-state index in [1.807, 2.05) is 43.3 Å². The molecule has 2 aromatic rings. The molecule has 25 heavy (non-hydrogen) atoms. The highest BCUT2D eigenvalue weighted by molar-refractivity contribution is 7.89. The summed E-state index contributed by atoms with van der Waals surface area (Å²) in [7, 11) is -3.43. The second kappa shape index (κ2) is 7.90. The van der Waals surface area contributed by atoms with Gasteiger partial charge in [0, 0.05) is 17.6 Å². The van der Waals surface area contributed by atoms with Gasteiger partial charge < -0.3 is 0 Å². The third kappa shape index (κ3) is 4.43. The fourth-order valence-corrected chi connectivity index (χ4v) is 5.39. The van der Waals surface area contributed by atoms with Crippen LogP contribution in [0.2, 0.25) is 5.02 Å². The second-order valence-corrected chi connectivity index (χ2v) is 9.07. The topological polar surface area (TPSA) is 37.4 Å². The molecule has 1 fully saturated rings. The van der Waals surface area contributed by atoms with Crippen molar-refractivity contribution in [2.24, 2.45) is 0 Å². The Morgan fingerprint density at radius 2 is 1.88 bits per heavy atom. The summed E-state index contributed by atoms with van der Waals surface area (Å²) in [5.41, 5.74) is 2.22. The SMILES string of the molecule is Cc1ccc(S(=O)(=O)N2CCCCC2CCc2cccc(Cl)c2)cc1. The summed E-state index contributed by atoms with van der Waals surface area (Å²) < 4.78 is 27.9. The summed E-state index contributed by atoms with van der Waals surface area (Å²) in [5, 5.41) is 0.727. The van der Waals surface area contributed by atoms with E-state index < -0.39 is 10.0 Å². The van der Waals surface area contributed by atoms with Crippen molar-refractivity contribution in [2.45, 2.75) is 50.0 Å². The van der Waals surface area contributed by atoms with Crippen LogP contribution in [-0.4, -0.2) is 25.3 Å². The summed E-state index contributed by atoms with van der Waals surface area (Å²) in [6.45, 7) is 2.57. The average Bonchev–Trinajstić information content (AvgIpc) is 2.61. The minimum absolute atomic E-state index is 0.0547. The molecule has 1 aliphatic rings. The van der Waals surface area contributed by atoms with E-state index in [0.29, 0.717) is 11.4 Å². The molecule has 0 bridgehead atoms. The van der Waals surface area contributed by atoms with Gasteiger partial charge >= 0.3 is 0 Å². The van der Waals surface area contributed by atoms with E-state index in [9.17, 15) is 8.42 Å². The highest BCUT2D eigenvalue weighted by Gasteiger charge is 2.33. The minimum atomic E-state index is -3.43. The summed E-state index contributed by atoms with van der Waals surface area (Å²) in [4.78, 5) is 0.396. The first-order chi connectivity index (χ1) is 12.0. The molecule has 1 unspecified atom stereocenters. The number of hydrogen-bond acceptors (Lipinski definition) is 2. The van der Waals surface area contributed by atoms with Crippen LogP contribution in [0.3, 0.4) is 0 Å². The molecule has 0 N–H and O–H groups in total. The Morgan fingerprint density at radius 1 is 1.12 bits per heavy atom. The van der Waals surface area contributed by atoms with Gasteiger partial charge in [-0.1, -0.05) is 47.9 Å². The van der Waals surface area contributed by atoms with Gasteiger partial charge in [0.25, 0.3) is 0 Å². The van der Waals surface area contributed by atoms with Gasteiger partial charge in [0.2, 0.25) is 10.0 Å². The van der Waals surface area contributed by atoms with E-state index in [2.05, 4.69) is 0 Å². The maximum Gasteiger partial charge on any atom is 0.243 e. The van der Waals surface area contributed by atoms with Crippen LogP contribution in [0.15, 0.2) is 53.4 Å². The lowest BCUT2D eigenvalue weighted by atomic mass is 9.98. The van der Waals surface area contributed by atoms with E-state index in [4.69, 9.17) is 11.6 Å². The number of piperidine rings is 1. The van der Waals surface area contributed by atoms with Gasteiger partial charge in [0.15, 0.2) is 0 Å². The van der Waals surface area contributed by atoms with Crippen LogP contribution in [-0.2, 0) is 16.4 Å². The van der Waals surface area contributed by atoms with Crippen LogP contribution < -0.4 is 0 Å². The first kappa shape index (κ1) is 18.4. The Labute approximate surface area is 155 Å². The number of sulfonamides is 1. The van der Waals surface area contributed by atoms with Gasteiger partial charge in [-0.15, -0.1) is 0 Å². The molecule has 0 aromatic heterocycles. The number of aryl methyl sites for hydroxylation is 2. The van der Waals surface area contributed by atoms with Crippen LogP contribution in [0.5, 0.6) is 0 Å². The Bertz CT molecular complexity index is 818. The largest absolute Gasteiger partial charge is 0.243 e. The molecule has 3 rings (SSSR count). The standard InChI is InChI=1S/C20H24ClNO2S/c1-16-8-12-20(13-9-16)25(23,24)22-14-3-2-7-19(22)11-10-17-5-4-6-18(21)15-17/h4-6,8-9,12-13,15,19H,2-3,7,10-11,14H2,1H3. The van der Waals surface area contributed by atoms with Crippen LogP contribution in [0.25, 0.3) is 0 Å². The van der Waals surface area contributed by atoms with Crippen molar-refractivity contribution in [3.05, 3.63) is 64.7 Å². The zero-order valence-electron chi connectivity index (χ0n) is 14.5. The van der Waals surface area contributed by atoms with Crippen molar-refractivity contribution < 1.29 is 8.42 Å². The lowest BCUT2D eigenvalue weighted by Gasteiger charge is -2.35. The molecule has 1 atom stereocenters. The molecule has 1 saturated heterocycles. The third-order valence-electron chi connectivity index (χ3n) is 4.86. The Hall–Kier alpha value is -1.36. The predicted molar refractivity (Wildman–Crippen MR) is 102 cm³/mol. The molecule has 1 heterocycles. The lowest BCUT2D eigenvalue weighted by Crippen LogP contribution is -2.43. The second-order valence-electron chi connectivity index (χ2n) is 6.75. The monoisotopic (exact) mass is 377 g/mol. The molecular weight excluding hydrogens is 354 g/mol. The smallest absolute Gasteiger partial charge is 0.207 e. The van der Waals surface area contributed by atoms with Crippen LogP contribution >= 0.6 is 11.6 Å². The maximum absolute atomic E-state index is 13.1. The quantitative estimate of drug-likeness (QED) is 0.748. The van der Waals surface area contributed by atoms with Crippen molar-refractivity contribution in [1.82, 2.24) is 4.31 Å². The number of hydrogen-bond donors (Lipinski definition) is 0.